The predicted octanol–water partition coefficient (Wildman–Crippen LogP) is 3.75. The minimum absolute atomic E-state index is 0. The highest BCUT2D eigenvalue weighted by Gasteiger charge is 2.10. The lowest BCUT2D eigenvalue weighted by Crippen LogP contribution is -2.38. The van der Waals surface area contributed by atoms with Crippen LogP contribution in [-0.4, -0.2) is 43.5 Å². The third kappa shape index (κ3) is 7.33. The Bertz CT molecular complexity index is 1110. The minimum Gasteiger partial charge on any atom is -0.357 e. The molecule has 1 heterocycles. The molecule has 9 heteroatoms. The van der Waals surface area contributed by atoms with Gasteiger partial charge in [0, 0.05) is 31.7 Å². The van der Waals surface area contributed by atoms with Crippen LogP contribution in [0.15, 0.2) is 76.9 Å². The number of guanidine groups is 1. The van der Waals surface area contributed by atoms with Gasteiger partial charge in [-0.1, -0.05) is 24.3 Å². The van der Waals surface area contributed by atoms with Gasteiger partial charge in [-0.25, -0.2) is 13.1 Å². The van der Waals surface area contributed by atoms with Crippen molar-refractivity contribution in [2.45, 2.75) is 31.2 Å². The number of halogens is 1. The molecule has 2 aromatic carbocycles. The van der Waals surface area contributed by atoms with Crippen LogP contribution in [-0.2, 0) is 16.3 Å². The summed E-state index contributed by atoms with van der Waals surface area (Å²) in [6.07, 6.45) is 5.63. The molecule has 1 atom stereocenters. The summed E-state index contributed by atoms with van der Waals surface area (Å²) in [7, 11) is -3.17. The lowest BCUT2D eigenvalue weighted by atomic mass is 10.1. The molecule has 2 N–H and O–H groups in total. The van der Waals surface area contributed by atoms with Crippen molar-refractivity contribution in [2.24, 2.45) is 4.99 Å². The van der Waals surface area contributed by atoms with Gasteiger partial charge in [-0.15, -0.1) is 24.0 Å². The Morgan fingerprint density at radius 2 is 1.91 bits per heavy atom. The van der Waals surface area contributed by atoms with Crippen LogP contribution in [0.4, 0.5) is 0 Å². The van der Waals surface area contributed by atoms with E-state index in [1.807, 2.05) is 48.1 Å². The van der Waals surface area contributed by atoms with Gasteiger partial charge in [0.25, 0.3) is 0 Å². The van der Waals surface area contributed by atoms with E-state index in [-0.39, 0.29) is 30.0 Å². The van der Waals surface area contributed by atoms with Gasteiger partial charge in [0.2, 0.25) is 0 Å². The highest BCUT2D eigenvalue weighted by atomic mass is 127. The molecule has 0 fully saturated rings. The number of nitrogens with one attached hydrogen (secondary N) is 2. The fraction of sp³-hybridized carbons (Fsp3) is 0.304. The molecule has 3 rings (SSSR count). The van der Waals surface area contributed by atoms with Gasteiger partial charge in [0.15, 0.2) is 15.8 Å². The topological polar surface area (TPSA) is 88.4 Å². The Hall–Kier alpha value is -2.40. The summed E-state index contributed by atoms with van der Waals surface area (Å²) in [5.74, 6) is 0.743. The number of hydrogen-bond acceptors (Lipinski definition) is 4. The highest BCUT2D eigenvalue weighted by Crippen LogP contribution is 2.16. The van der Waals surface area contributed by atoms with Gasteiger partial charge in [-0.2, -0.15) is 5.10 Å². The molecular formula is C23H30IN5O2S. The molecule has 3 aromatic rings. The van der Waals surface area contributed by atoms with Gasteiger partial charge in [0.1, 0.15) is 0 Å². The van der Waals surface area contributed by atoms with E-state index in [1.54, 1.807) is 18.3 Å². The second-order valence-corrected chi connectivity index (χ2v) is 9.35. The number of sulfone groups is 1. The van der Waals surface area contributed by atoms with Crippen molar-refractivity contribution in [2.75, 3.05) is 19.3 Å². The second-order valence-electron chi connectivity index (χ2n) is 7.34. The molecule has 1 unspecified atom stereocenters. The van der Waals surface area contributed by atoms with Crippen LogP contribution in [0.1, 0.15) is 31.0 Å². The van der Waals surface area contributed by atoms with Crippen LogP contribution in [0.3, 0.4) is 0 Å². The maximum Gasteiger partial charge on any atom is 0.191 e. The summed E-state index contributed by atoms with van der Waals surface area (Å²) >= 11 is 0. The summed E-state index contributed by atoms with van der Waals surface area (Å²) in [4.78, 5) is 5.01. The van der Waals surface area contributed by atoms with Crippen LogP contribution < -0.4 is 10.6 Å². The second kappa shape index (κ2) is 12.0. The third-order valence-electron chi connectivity index (χ3n) is 4.86. The SMILES string of the molecule is CCNC(=NCCc1ccc(S(C)(=O)=O)cc1)NC(C)c1cccc(-n2cccn2)c1.I. The largest absolute Gasteiger partial charge is 0.357 e. The van der Waals surface area contributed by atoms with E-state index in [1.165, 1.54) is 6.26 Å². The van der Waals surface area contributed by atoms with E-state index in [4.69, 9.17) is 0 Å². The summed E-state index contributed by atoms with van der Waals surface area (Å²) < 4.78 is 25.0. The summed E-state index contributed by atoms with van der Waals surface area (Å²) in [5, 5.41) is 11.0. The van der Waals surface area contributed by atoms with Crippen molar-refractivity contribution in [3.63, 3.8) is 0 Å². The average Bonchev–Trinajstić information content (AvgIpc) is 3.29. The van der Waals surface area contributed by atoms with Gasteiger partial charge in [-0.05, 0) is 61.7 Å². The Morgan fingerprint density at radius 3 is 2.53 bits per heavy atom. The van der Waals surface area contributed by atoms with Gasteiger partial charge in [-0.3, -0.25) is 4.99 Å². The quantitative estimate of drug-likeness (QED) is 0.246. The molecular weight excluding hydrogens is 537 g/mol. The summed E-state index contributed by atoms with van der Waals surface area (Å²) in [6.45, 7) is 5.48. The zero-order chi connectivity index (χ0) is 22.3. The normalized spacial score (nSPS) is 12.7. The van der Waals surface area contributed by atoms with Crippen molar-refractivity contribution >= 4 is 39.8 Å². The lowest BCUT2D eigenvalue weighted by molar-refractivity contribution is 0.602. The van der Waals surface area contributed by atoms with E-state index >= 15 is 0 Å². The lowest BCUT2D eigenvalue weighted by Gasteiger charge is -2.19. The fourth-order valence-electron chi connectivity index (χ4n) is 3.17. The maximum absolute atomic E-state index is 11.6. The van der Waals surface area contributed by atoms with Gasteiger partial charge in [0.05, 0.1) is 16.6 Å². The van der Waals surface area contributed by atoms with Crippen molar-refractivity contribution in [3.8, 4) is 5.69 Å². The molecule has 0 aliphatic rings. The van der Waals surface area contributed by atoms with Crippen LogP contribution >= 0.6 is 24.0 Å². The monoisotopic (exact) mass is 567 g/mol. The van der Waals surface area contributed by atoms with Crippen molar-refractivity contribution in [3.05, 3.63) is 78.1 Å². The maximum atomic E-state index is 11.6. The number of nitrogens with zero attached hydrogens (tertiary/aromatic N) is 3. The molecule has 0 saturated heterocycles. The molecule has 1 aromatic heterocycles. The molecule has 0 amide bonds. The number of aliphatic imine (C=N–C) groups is 1. The van der Waals surface area contributed by atoms with Gasteiger partial charge >= 0.3 is 0 Å². The first-order chi connectivity index (χ1) is 14.9. The fourth-order valence-corrected chi connectivity index (χ4v) is 3.80. The highest BCUT2D eigenvalue weighted by molar-refractivity contribution is 14.0. The van der Waals surface area contributed by atoms with E-state index in [2.05, 4.69) is 39.8 Å². The standard InChI is InChI=1S/C23H29N5O2S.HI/c1-4-24-23(25-15-13-19-9-11-22(12-10-19)31(3,29)30)27-18(2)20-7-5-8-21(17-20)28-16-6-14-26-28;/h5-12,14,16-18H,4,13,15H2,1-3H3,(H2,24,25,27);1H. The zero-order valence-electron chi connectivity index (χ0n) is 18.5. The Kier molecular flexibility index (Phi) is 9.70. The third-order valence-corrected chi connectivity index (χ3v) is 5.99. The molecule has 0 aliphatic carbocycles. The molecule has 0 aliphatic heterocycles. The smallest absolute Gasteiger partial charge is 0.191 e. The van der Waals surface area contributed by atoms with Crippen molar-refractivity contribution < 1.29 is 8.42 Å². The number of benzene rings is 2. The van der Waals surface area contributed by atoms with Crippen LogP contribution in [0.25, 0.3) is 5.69 Å². The van der Waals surface area contributed by atoms with Crippen LogP contribution in [0.5, 0.6) is 0 Å². The first-order valence-corrected chi connectivity index (χ1v) is 12.2. The van der Waals surface area contributed by atoms with Gasteiger partial charge < -0.3 is 10.6 Å². The number of hydrogen-bond donors (Lipinski definition) is 2. The summed E-state index contributed by atoms with van der Waals surface area (Å²) in [5.41, 5.74) is 3.19. The molecule has 0 saturated carbocycles. The molecule has 172 valence electrons. The summed E-state index contributed by atoms with van der Waals surface area (Å²) in [6, 6.07) is 17.2. The van der Waals surface area contributed by atoms with E-state index in [9.17, 15) is 8.42 Å². The van der Waals surface area contributed by atoms with E-state index < -0.39 is 9.84 Å². The Balaban J connectivity index is 0.00000363. The van der Waals surface area contributed by atoms with Crippen LogP contribution in [0, 0.1) is 0 Å². The molecule has 0 radical (unpaired) electrons. The molecule has 32 heavy (non-hydrogen) atoms. The molecule has 0 bridgehead atoms. The minimum atomic E-state index is -3.17. The van der Waals surface area contributed by atoms with Crippen molar-refractivity contribution in [1.29, 1.82) is 0 Å². The van der Waals surface area contributed by atoms with Crippen molar-refractivity contribution in [1.82, 2.24) is 20.4 Å². The molecule has 0 spiro atoms. The first-order valence-electron chi connectivity index (χ1n) is 10.3. The predicted molar refractivity (Wildman–Crippen MR) is 140 cm³/mol. The van der Waals surface area contributed by atoms with E-state index in [0.717, 1.165) is 35.7 Å². The zero-order valence-corrected chi connectivity index (χ0v) is 21.7. The Labute approximate surface area is 207 Å². The van der Waals surface area contributed by atoms with Crippen LogP contribution in [0.2, 0.25) is 0 Å². The number of rotatable bonds is 8. The average molecular weight is 567 g/mol. The van der Waals surface area contributed by atoms with E-state index in [0.29, 0.717) is 11.4 Å². The number of aromatic nitrogens is 2. The molecule has 7 nitrogen and oxygen atoms in total. The Morgan fingerprint density at radius 1 is 1.16 bits per heavy atom. The first kappa shape index (κ1) is 25.9.